The summed E-state index contributed by atoms with van der Waals surface area (Å²) in [4.78, 5) is 68.2. The molecule has 2 aromatic carbocycles. The van der Waals surface area contributed by atoms with Gasteiger partial charge in [-0.05, 0) is 68.5 Å². The van der Waals surface area contributed by atoms with Crippen LogP contribution in [-0.4, -0.2) is 71.1 Å². The van der Waals surface area contributed by atoms with Crippen LogP contribution in [0.25, 0.3) is 0 Å². The number of unbranched alkanes of at least 4 members (excludes halogenated alkanes) is 1. The van der Waals surface area contributed by atoms with Gasteiger partial charge in [0.25, 0.3) is 0 Å². The van der Waals surface area contributed by atoms with Crippen molar-refractivity contribution in [2.45, 2.75) is 90.1 Å². The lowest BCUT2D eigenvalue weighted by Crippen LogP contribution is -2.48. The van der Waals surface area contributed by atoms with E-state index in [1.165, 1.54) is 0 Å². The molecular weight excluding hydrogens is 608 g/mol. The van der Waals surface area contributed by atoms with Crippen LogP contribution in [0.15, 0.2) is 60.7 Å². The van der Waals surface area contributed by atoms with Gasteiger partial charge in [0.2, 0.25) is 11.8 Å². The van der Waals surface area contributed by atoms with Gasteiger partial charge in [-0.1, -0.05) is 80.9 Å². The highest BCUT2D eigenvalue weighted by molar-refractivity contribution is 5.95. The molecule has 0 aliphatic carbocycles. The molecule has 10 nitrogen and oxygen atoms in total. The van der Waals surface area contributed by atoms with E-state index in [-0.39, 0.29) is 42.8 Å². The van der Waals surface area contributed by atoms with Crippen LogP contribution < -0.4 is 16.8 Å². The van der Waals surface area contributed by atoms with E-state index < -0.39 is 41.7 Å². The number of aliphatic carboxylic acids is 1. The molecule has 2 amide bonds. The second kappa shape index (κ2) is 19.8. The van der Waals surface area contributed by atoms with Crippen molar-refractivity contribution in [1.82, 2.24) is 10.2 Å². The Kier molecular flexibility index (Phi) is 15.9. The molecule has 1 aliphatic rings. The Morgan fingerprint density at radius 3 is 2.06 bits per heavy atom. The van der Waals surface area contributed by atoms with Crippen molar-refractivity contribution in [3.63, 3.8) is 0 Å². The lowest BCUT2D eigenvalue weighted by Gasteiger charge is -2.34. The lowest BCUT2D eigenvalue weighted by atomic mass is 9.87. The molecule has 0 saturated carbocycles. The number of likely N-dealkylation sites (tertiary alicyclic amines) is 1. The molecule has 262 valence electrons. The number of benzene rings is 2. The molecule has 6 N–H and O–H groups in total. The van der Waals surface area contributed by atoms with Gasteiger partial charge >= 0.3 is 5.97 Å². The first kappa shape index (κ1) is 38.6. The Balaban J connectivity index is 1.78. The third-order valence-electron chi connectivity index (χ3n) is 9.15. The average molecular weight is 663 g/mol. The molecule has 5 atom stereocenters. The molecule has 10 heteroatoms. The van der Waals surface area contributed by atoms with Gasteiger partial charge in [0.15, 0.2) is 11.6 Å². The fraction of sp³-hybridized carbons (Fsp3) is 0.553. The van der Waals surface area contributed by atoms with E-state index in [1.54, 1.807) is 4.90 Å². The van der Waals surface area contributed by atoms with Gasteiger partial charge in [-0.25, -0.2) is 0 Å². The number of nitrogens with one attached hydrogen (secondary N) is 1. The number of ketones is 2. The smallest absolute Gasteiger partial charge is 0.308 e. The number of piperidine rings is 1. The fourth-order valence-corrected chi connectivity index (χ4v) is 6.43. The van der Waals surface area contributed by atoms with Gasteiger partial charge in [-0.2, -0.15) is 0 Å². The fourth-order valence-electron chi connectivity index (χ4n) is 6.43. The molecule has 0 aromatic heterocycles. The summed E-state index contributed by atoms with van der Waals surface area (Å²) in [6.45, 7) is 4.97. The predicted octanol–water partition coefficient (Wildman–Crippen LogP) is 3.93. The van der Waals surface area contributed by atoms with E-state index in [1.807, 2.05) is 74.5 Å². The Morgan fingerprint density at radius 2 is 1.48 bits per heavy atom. The van der Waals surface area contributed by atoms with Crippen molar-refractivity contribution in [3.8, 4) is 0 Å². The molecule has 2 aromatic rings. The summed E-state index contributed by atoms with van der Waals surface area (Å²) in [6.07, 6.45) is 3.80. The predicted molar refractivity (Wildman–Crippen MR) is 186 cm³/mol. The molecule has 1 fully saturated rings. The Bertz CT molecular complexity index is 1340. The molecule has 0 radical (unpaired) electrons. The Morgan fingerprint density at radius 1 is 0.875 bits per heavy atom. The number of carbonyl (C=O) groups is 5. The van der Waals surface area contributed by atoms with Crippen LogP contribution in [0.2, 0.25) is 0 Å². The van der Waals surface area contributed by atoms with E-state index in [9.17, 15) is 29.1 Å². The van der Waals surface area contributed by atoms with E-state index in [0.717, 1.165) is 11.1 Å². The van der Waals surface area contributed by atoms with Crippen molar-refractivity contribution in [2.75, 3.05) is 19.6 Å². The van der Waals surface area contributed by atoms with Crippen molar-refractivity contribution in [2.24, 2.45) is 35.1 Å². The number of hydrogen-bond acceptors (Lipinski definition) is 7. The number of carbonyl (C=O) groups excluding carboxylic acids is 4. The number of nitrogens with zero attached hydrogens (tertiary/aromatic N) is 1. The minimum Gasteiger partial charge on any atom is -0.481 e. The van der Waals surface area contributed by atoms with Crippen LogP contribution in [0.4, 0.5) is 0 Å². The monoisotopic (exact) mass is 662 g/mol. The third-order valence-corrected chi connectivity index (χ3v) is 9.15. The summed E-state index contributed by atoms with van der Waals surface area (Å²) >= 11 is 0. The Labute approximate surface area is 285 Å². The molecule has 48 heavy (non-hydrogen) atoms. The number of Topliss-reactive ketones (excluding diaryl/α,β-unsaturated/α-hetero) is 2. The maximum atomic E-state index is 13.9. The number of hydrogen-bond donors (Lipinski definition) is 4. The summed E-state index contributed by atoms with van der Waals surface area (Å²) < 4.78 is 0. The molecule has 3 rings (SSSR count). The molecular formula is C38H54N4O6. The summed E-state index contributed by atoms with van der Waals surface area (Å²) in [6, 6.07) is 17.3. The number of amides is 2. The van der Waals surface area contributed by atoms with Crippen LogP contribution in [0.3, 0.4) is 0 Å². The summed E-state index contributed by atoms with van der Waals surface area (Å²) in [7, 11) is 0. The normalized spacial score (nSPS) is 17.3. The van der Waals surface area contributed by atoms with Crippen molar-refractivity contribution < 1.29 is 29.1 Å². The number of nitrogens with two attached hydrogens (primary N) is 2. The molecule has 1 heterocycles. The second-order valence-corrected chi connectivity index (χ2v) is 13.7. The first-order chi connectivity index (χ1) is 23.0. The molecule has 0 spiro atoms. The van der Waals surface area contributed by atoms with Gasteiger partial charge in [0.05, 0.1) is 18.0 Å². The highest BCUT2D eigenvalue weighted by Crippen LogP contribution is 2.24. The molecule has 1 saturated heterocycles. The largest absolute Gasteiger partial charge is 0.481 e. The first-order valence-corrected chi connectivity index (χ1v) is 17.4. The van der Waals surface area contributed by atoms with Gasteiger partial charge in [-0.15, -0.1) is 0 Å². The first-order valence-electron chi connectivity index (χ1n) is 17.4. The molecule has 1 aliphatic heterocycles. The third kappa shape index (κ3) is 12.6. The van der Waals surface area contributed by atoms with E-state index in [4.69, 9.17) is 11.5 Å². The lowest BCUT2D eigenvalue weighted by molar-refractivity contribution is -0.147. The van der Waals surface area contributed by atoms with Gasteiger partial charge < -0.3 is 26.8 Å². The van der Waals surface area contributed by atoms with Gasteiger partial charge in [0.1, 0.15) is 0 Å². The van der Waals surface area contributed by atoms with Gasteiger partial charge in [-0.3, -0.25) is 24.0 Å². The average Bonchev–Trinajstić information content (AvgIpc) is 3.07. The van der Waals surface area contributed by atoms with E-state index in [2.05, 4.69) is 5.32 Å². The molecule has 1 unspecified atom stereocenters. The quantitative estimate of drug-likeness (QED) is 0.154. The van der Waals surface area contributed by atoms with E-state index >= 15 is 0 Å². The SMILES string of the molecule is CC(C)C[C@@H](NC(=O)[C@H](CC(=O)[C@H](N)Cc1ccccc1)Cc1ccccc1)C(=O)C[C@H](CCCCN)C(=O)N1CCCC(C(=O)O)C1. The minimum absolute atomic E-state index is 0.0672. The van der Waals surface area contributed by atoms with E-state index in [0.29, 0.717) is 64.5 Å². The van der Waals surface area contributed by atoms with Gasteiger partial charge in [0, 0.05) is 37.8 Å². The highest BCUT2D eigenvalue weighted by atomic mass is 16.4. The van der Waals surface area contributed by atoms with Crippen molar-refractivity contribution in [3.05, 3.63) is 71.8 Å². The second-order valence-electron chi connectivity index (χ2n) is 13.7. The summed E-state index contributed by atoms with van der Waals surface area (Å²) in [5, 5.41) is 12.5. The van der Waals surface area contributed by atoms with Crippen LogP contribution >= 0.6 is 0 Å². The topological polar surface area (TPSA) is 173 Å². The minimum atomic E-state index is -0.924. The molecule has 0 bridgehead atoms. The van der Waals surface area contributed by atoms with Crippen molar-refractivity contribution in [1.29, 1.82) is 0 Å². The van der Waals surface area contributed by atoms with Crippen molar-refractivity contribution >= 4 is 29.4 Å². The van der Waals surface area contributed by atoms with Crippen LogP contribution in [0.1, 0.15) is 76.3 Å². The van der Waals surface area contributed by atoms with Crippen LogP contribution in [0.5, 0.6) is 0 Å². The maximum absolute atomic E-state index is 13.9. The maximum Gasteiger partial charge on any atom is 0.308 e. The standard InChI is InChI=1S/C38H54N4O6/c1-26(2)20-33(35(44)23-29(16-9-10-18-39)37(46)42-19-11-17-30(25-42)38(47)48)41-36(45)31(21-27-12-5-3-6-13-27)24-34(43)32(40)22-28-14-7-4-8-15-28/h3-8,12-15,26,29-33H,9-11,16-25,39-40H2,1-2H3,(H,41,45)(H,47,48)/t29-,30?,31-,32+,33+/m0/s1. The zero-order chi connectivity index (χ0) is 35.1. The number of carboxylic acids is 1. The number of carboxylic acid groups (broad SMARTS) is 1. The summed E-state index contributed by atoms with van der Waals surface area (Å²) in [5.41, 5.74) is 13.9. The number of rotatable bonds is 20. The van der Waals surface area contributed by atoms with Crippen LogP contribution in [-0.2, 0) is 36.8 Å². The highest BCUT2D eigenvalue weighted by Gasteiger charge is 2.35. The summed E-state index contributed by atoms with van der Waals surface area (Å²) in [5.74, 6) is -3.96. The van der Waals surface area contributed by atoms with Crippen LogP contribution in [0, 0.1) is 23.7 Å². The zero-order valence-corrected chi connectivity index (χ0v) is 28.5. The zero-order valence-electron chi connectivity index (χ0n) is 28.5. The Hall–Kier alpha value is -3.89.